The quantitative estimate of drug-likeness (QED) is 0.0473. The van der Waals surface area contributed by atoms with Gasteiger partial charge in [0.1, 0.15) is 0 Å². The van der Waals surface area contributed by atoms with Gasteiger partial charge in [-0.25, -0.2) is 13.5 Å². The number of fused-ring (bicyclic) bond motifs is 3. The van der Waals surface area contributed by atoms with Gasteiger partial charge in [0.05, 0.1) is 39.4 Å². The zero-order valence-electron chi connectivity index (χ0n) is 72.8. The van der Waals surface area contributed by atoms with Crippen LogP contribution in [0.15, 0.2) is 201 Å². The number of pyridine rings is 3. The second kappa shape index (κ2) is 38.6. The molecule has 32 heteroatoms. The normalized spacial score (nSPS) is 17.6. The van der Waals surface area contributed by atoms with E-state index in [-0.39, 0.29) is 35.8 Å². The number of carboxylic acid groups (broad SMARTS) is 2. The number of rotatable bonds is 20. The molecule has 0 aliphatic carbocycles. The van der Waals surface area contributed by atoms with E-state index >= 15 is 0 Å². The molecule has 12 aromatic rings. The van der Waals surface area contributed by atoms with Gasteiger partial charge in [-0.1, -0.05) is 71.2 Å². The van der Waals surface area contributed by atoms with Gasteiger partial charge in [0.15, 0.2) is 16.9 Å². The molecule has 0 bridgehead atoms. The number of hydrogen-bond acceptors (Lipinski definition) is 21. The molecule has 29 nitrogen and oxygen atoms in total. The van der Waals surface area contributed by atoms with Crippen LogP contribution in [0.1, 0.15) is 125 Å². The van der Waals surface area contributed by atoms with Gasteiger partial charge in [0.2, 0.25) is 17.8 Å². The fraction of sp³-hybridized carbons (Fsp3) is 0.375. The van der Waals surface area contributed by atoms with Crippen LogP contribution in [-0.4, -0.2) is 252 Å². The van der Waals surface area contributed by atoms with Crippen molar-refractivity contribution in [2.75, 3.05) is 151 Å². The number of halogens is 3. The second-order valence-corrected chi connectivity index (χ2v) is 36.0. The summed E-state index contributed by atoms with van der Waals surface area (Å²) >= 11 is 18.2. The minimum absolute atomic E-state index is 0.0288. The lowest BCUT2D eigenvalue weighted by atomic mass is 9.72. The van der Waals surface area contributed by atoms with Gasteiger partial charge in [-0.15, -0.1) is 15.3 Å². The molecular formula is C96H107Cl3N22O7. The summed E-state index contributed by atoms with van der Waals surface area (Å²) in [5.41, 5.74) is 9.38. The van der Waals surface area contributed by atoms with Crippen LogP contribution in [0.5, 0.6) is 0 Å². The first-order valence-electron chi connectivity index (χ1n) is 43.8. The highest BCUT2D eigenvalue weighted by atomic mass is 35.5. The molecule has 18 rings (SSSR count). The summed E-state index contributed by atoms with van der Waals surface area (Å²) in [6.45, 7) is 9.74. The van der Waals surface area contributed by atoms with Crippen molar-refractivity contribution >= 4 is 133 Å². The number of hydrogen-bond donors (Lipinski definition) is 5. The van der Waals surface area contributed by atoms with Crippen LogP contribution < -0.4 is 30.7 Å². The lowest BCUT2D eigenvalue weighted by Crippen LogP contribution is -2.47. The molecule has 6 saturated heterocycles. The Morgan fingerprint density at radius 1 is 0.375 bits per heavy atom. The Bertz CT molecular complexity index is 5720. The van der Waals surface area contributed by atoms with Crippen LogP contribution in [-0.2, 0) is 25.8 Å². The van der Waals surface area contributed by atoms with Crippen molar-refractivity contribution in [2.24, 2.45) is 0 Å². The number of anilines is 9. The first kappa shape index (κ1) is 89.0. The molecule has 6 aromatic carbocycles. The minimum Gasteiger partial charge on any atom is -0.481 e. The third kappa shape index (κ3) is 19.4. The van der Waals surface area contributed by atoms with E-state index in [2.05, 4.69) is 93.9 Å². The molecule has 0 atom stereocenters. The van der Waals surface area contributed by atoms with E-state index in [1.165, 1.54) is 0 Å². The Balaban J connectivity index is 0.000000141. The number of piperidine rings is 6. The molecule has 6 aliphatic heterocycles. The fourth-order valence-corrected chi connectivity index (χ4v) is 19.1. The van der Waals surface area contributed by atoms with Gasteiger partial charge in [-0.05, 0) is 300 Å². The van der Waals surface area contributed by atoms with Crippen LogP contribution in [0.2, 0.25) is 15.1 Å². The summed E-state index contributed by atoms with van der Waals surface area (Å²) < 4.78 is 5.23. The van der Waals surface area contributed by atoms with Gasteiger partial charge in [0, 0.05) is 146 Å². The number of aliphatic carboxylic acids is 2. The van der Waals surface area contributed by atoms with Crippen molar-refractivity contribution < 1.29 is 34.2 Å². The van der Waals surface area contributed by atoms with E-state index < -0.39 is 28.2 Å². The topological polar surface area (TPSA) is 305 Å². The molecular weight excluding hydrogens is 1680 g/mol. The summed E-state index contributed by atoms with van der Waals surface area (Å²) in [5.74, 6) is -0.173. The Hall–Kier alpha value is -12.4. The Labute approximate surface area is 759 Å². The van der Waals surface area contributed by atoms with Crippen molar-refractivity contribution in [1.82, 2.24) is 73.2 Å². The zero-order chi connectivity index (χ0) is 89.5. The third-order valence-corrected chi connectivity index (χ3v) is 27.7. The highest BCUT2D eigenvalue weighted by Gasteiger charge is 2.46. The summed E-state index contributed by atoms with van der Waals surface area (Å²) in [6.07, 6.45) is 14.8. The highest BCUT2D eigenvalue weighted by molar-refractivity contribution is 6.31. The largest absolute Gasteiger partial charge is 0.481 e. The van der Waals surface area contributed by atoms with E-state index in [0.29, 0.717) is 126 Å². The first-order valence-corrected chi connectivity index (χ1v) is 44.9. The van der Waals surface area contributed by atoms with Crippen LogP contribution >= 0.6 is 34.8 Å². The maximum absolute atomic E-state index is 13.1. The smallest absolute Gasteiger partial charge is 0.314 e. The average molecular weight is 1790 g/mol. The molecule has 5 N–H and O–H groups in total. The second-order valence-electron chi connectivity index (χ2n) is 34.7. The highest BCUT2D eigenvalue weighted by Crippen LogP contribution is 2.43. The number of nitrogens with one attached hydrogen (secondary N) is 3. The predicted octanol–water partition coefficient (Wildman–Crippen LogP) is 15.2. The van der Waals surface area contributed by atoms with E-state index in [0.717, 1.165) is 147 Å². The number of likely N-dealkylation sites (tertiary alicyclic amines) is 3. The maximum atomic E-state index is 13.1. The molecule has 664 valence electrons. The van der Waals surface area contributed by atoms with Crippen LogP contribution in [0.3, 0.4) is 0 Å². The van der Waals surface area contributed by atoms with Gasteiger partial charge >= 0.3 is 11.9 Å². The van der Waals surface area contributed by atoms with E-state index in [9.17, 15) is 39.4 Å². The van der Waals surface area contributed by atoms with E-state index in [1.807, 2.05) is 206 Å². The fourth-order valence-electron chi connectivity index (χ4n) is 18.7. The van der Waals surface area contributed by atoms with E-state index in [1.54, 1.807) is 37.8 Å². The van der Waals surface area contributed by atoms with Crippen LogP contribution in [0, 0.1) is 11.3 Å². The third-order valence-electron chi connectivity index (χ3n) is 27.0. The molecule has 6 aromatic heterocycles. The number of benzene rings is 6. The lowest BCUT2D eigenvalue weighted by molar-refractivity contribution is -0.145. The summed E-state index contributed by atoms with van der Waals surface area (Å²) in [7, 11) is 12.0. The van der Waals surface area contributed by atoms with Crippen LogP contribution in [0.4, 0.5) is 52.0 Å². The minimum atomic E-state index is -0.956. The number of carbonyl (C=O) groups is 5. The van der Waals surface area contributed by atoms with Gasteiger partial charge in [-0.2, -0.15) is 20.2 Å². The predicted molar refractivity (Wildman–Crippen MR) is 501 cm³/mol. The van der Waals surface area contributed by atoms with Crippen molar-refractivity contribution in [3.8, 4) is 6.07 Å². The summed E-state index contributed by atoms with van der Waals surface area (Å²) in [5, 5.41) is 56.1. The Morgan fingerprint density at radius 3 is 0.891 bits per heavy atom. The van der Waals surface area contributed by atoms with Crippen molar-refractivity contribution in [1.29, 1.82) is 5.26 Å². The van der Waals surface area contributed by atoms with Gasteiger partial charge in [-0.3, -0.25) is 24.0 Å². The number of carboxylic acids is 2. The molecule has 128 heavy (non-hydrogen) atoms. The molecule has 12 heterocycles. The standard InChI is InChI=1S/C32H35ClN8O.2C32H36ClN7O3/c1-38-18-13-27(14-19-38)39(2)30(42)23-5-11-26(12-6-23)35-31-36-29-28(4-3-17-41(29)37-31)40-20-15-32(22-34,16-21-40)24-7-9-25(33)10-8-24;2*1-37-18-13-26(14-19-37)38(2)29(41)22-5-11-25(12-6-22)34-31-35-28-27(4-3-17-40(28)36-31)39-20-15-32(16-21-39,30(42)43)23-7-9-24(33)10-8-23/h3-12,17,27H,13-16,18-21H2,1-2H3,(H,35,37);2*3-12,17,26H,13-16,18-21H2,1-2H3,(H,34,36)(H,42,43). The van der Waals surface area contributed by atoms with Crippen molar-refractivity contribution in [3.05, 3.63) is 249 Å². The number of nitriles is 1. The molecule has 0 saturated carbocycles. The molecule has 0 radical (unpaired) electrons. The Morgan fingerprint density at radius 2 is 0.633 bits per heavy atom. The van der Waals surface area contributed by atoms with Crippen molar-refractivity contribution in [2.45, 2.75) is 111 Å². The molecule has 6 fully saturated rings. The monoisotopic (exact) mass is 1780 g/mol. The van der Waals surface area contributed by atoms with Crippen molar-refractivity contribution in [3.63, 3.8) is 0 Å². The molecule has 3 amide bonds. The SMILES string of the molecule is CN1CCC(N(C)C(=O)c2ccc(Nc3nc4c(N5CCC(C#N)(c6ccc(Cl)cc6)CC5)cccn4n3)cc2)CC1.CN1CCC(N(C)C(=O)c2ccc(Nc3nc4c(N5CCC(C(=O)O)(c6ccc(Cl)cc6)CC5)cccn4n3)cc2)CC1.CN1CCC(N(C)C(=O)c2ccc(Nc3nc4c(N5CCC(C(=O)O)(c6ccc(Cl)cc6)CC5)cccn4n3)cc2)CC1. The summed E-state index contributed by atoms with van der Waals surface area (Å²) in [6, 6.07) is 59.5. The van der Waals surface area contributed by atoms with Gasteiger partial charge < -0.3 is 70.3 Å². The number of amides is 3. The lowest BCUT2D eigenvalue weighted by Gasteiger charge is -2.40. The van der Waals surface area contributed by atoms with Crippen LogP contribution in [0.25, 0.3) is 16.9 Å². The molecule has 0 unspecified atom stereocenters. The number of aromatic nitrogens is 9. The first-order chi connectivity index (χ1) is 61.8. The van der Waals surface area contributed by atoms with Gasteiger partial charge in [0.25, 0.3) is 17.7 Å². The zero-order valence-corrected chi connectivity index (χ0v) is 75.1. The Kier molecular flexibility index (Phi) is 26.9. The summed E-state index contributed by atoms with van der Waals surface area (Å²) in [4.78, 5) is 97.7. The molecule has 0 spiro atoms. The maximum Gasteiger partial charge on any atom is 0.314 e. The molecule has 6 aliphatic rings. The number of carbonyl (C=O) groups excluding carboxylic acids is 3. The average Bonchev–Trinajstić information content (AvgIpc) is 1.06. The van der Waals surface area contributed by atoms with E-state index in [4.69, 9.17) is 49.8 Å². The number of nitrogens with zero attached hydrogens (tertiary/aromatic N) is 19.